The van der Waals surface area contributed by atoms with Gasteiger partial charge in [-0.05, 0) is 179 Å². The van der Waals surface area contributed by atoms with Crippen molar-refractivity contribution < 1.29 is 300 Å². The van der Waals surface area contributed by atoms with E-state index in [-0.39, 0.29) is 221 Å². The molecular formula is C58H44Cl2N14Na6O28S8. The van der Waals surface area contributed by atoms with Gasteiger partial charge in [0.05, 0.1) is 91.1 Å². The van der Waals surface area contributed by atoms with Crippen LogP contribution >= 0.6 is 23.2 Å². The number of ether oxygens (including phenoxy) is 2. The van der Waals surface area contributed by atoms with Gasteiger partial charge in [-0.25, -0.2) is 68.9 Å². The van der Waals surface area contributed by atoms with Crippen molar-refractivity contribution in [2.45, 2.75) is 43.2 Å². The van der Waals surface area contributed by atoms with Gasteiger partial charge in [0, 0.05) is 22.1 Å². The molecule has 0 radical (unpaired) electrons. The maximum absolute atomic E-state index is 14.6. The van der Waals surface area contributed by atoms with Crippen molar-refractivity contribution in [3.63, 3.8) is 0 Å². The minimum absolute atomic E-state index is 0. The topological polar surface area (TPSA) is 670 Å². The van der Waals surface area contributed by atoms with Crippen LogP contribution in [0.25, 0.3) is 32.7 Å². The Hall–Kier alpha value is -4.24. The van der Waals surface area contributed by atoms with E-state index in [1.54, 1.807) is 0 Å². The molecule has 2 heterocycles. The van der Waals surface area contributed by atoms with Crippen molar-refractivity contribution in [3.05, 3.63) is 142 Å². The number of sulfone groups is 2. The standard InChI is InChI=1S/C58H50Cl2N14O28S8.6Na/c1-27-17-39(71-73-49-45(107(87,88)89)21-29-19-35(105(81,82)83)23-41(47(29)51(49)75)63-57-67-53(59)65-55(69-57)61-31-5-9-33(10-6-31)103(77,78)15-13-101-109(93,94)95)43(99-3)25-37(27)38-26-44(100-4)40(18-28(38)2)72-74-50-46(108(90,91)92)22-30-20-36(106(84,85)86)24-42(48(30)52(50)76)64-58-68-54(60)66-56(70-58)62-32-7-11-34(12-8-32)104(79,80)16-14-102-110(96,97)98;;;;;;/h5-12,17-26,75-76H,13-16H2,1-4H3,(H,81,82,83)(H,84,85,86)(H,87,88,89)(H,90,91,92)(H,93,94,95)(H,96,97,98)(H2,61,63,65,67,69)(H2,62,64,66,68,70);;;;;;/q;6*+1/p-6. The SMILES string of the molecule is COc1cc(-c2cc(OC)c(N=Nc3c(S(=O)(=O)[O-])cc4cc(S(=O)(=O)[O-])cc(N=c5nc(Nc6ccc(S(=O)(=O)CCOS(=O)(=O)O)cc6)nc(Cl)[nH]5)c4c3[O-])cc2C)c(C)cc1N=Nc1c(S(=O)(=O)[O-])cc2cc(S(=O)(=O)[O-])cc(N=c3nc(Nc4ccc(S(=O)(=O)CCOS(=O)(=O)O)cc4)nc(Cl)[nH]3)c2c1[O-].[Na+].[Na+].[Na+].[Na+].[Na+].[Na+]. The fourth-order valence-electron chi connectivity index (χ4n) is 10.2. The zero-order chi connectivity index (χ0) is 80.8. The number of halogens is 2. The summed E-state index contributed by atoms with van der Waals surface area (Å²) in [7, 11) is -38.3. The molecule has 0 aliphatic heterocycles. The van der Waals surface area contributed by atoms with Gasteiger partial charge >= 0.3 is 198 Å². The Bertz CT molecular complexity index is 6320. The van der Waals surface area contributed by atoms with Crippen LogP contribution in [0.3, 0.4) is 0 Å². The Labute approximate surface area is 801 Å². The van der Waals surface area contributed by atoms with E-state index in [1.165, 1.54) is 76.6 Å². The number of H-pyrrole nitrogens is 2. The largest absolute Gasteiger partial charge is 1.00 e. The quantitative estimate of drug-likeness (QED) is 0.0158. The average Bonchev–Trinajstić information content (AvgIpc) is 0.754. The fourth-order valence-corrected chi connectivity index (χ4v) is 15.8. The number of aromatic nitrogens is 6. The molecule has 0 amide bonds. The van der Waals surface area contributed by atoms with Crippen LogP contribution in [0, 0.1) is 13.8 Å². The molecule has 8 aromatic carbocycles. The van der Waals surface area contributed by atoms with Crippen LogP contribution in [0.2, 0.25) is 10.6 Å². The minimum Gasteiger partial charge on any atom is -0.870 e. The Morgan fingerprint density at radius 1 is 0.431 bits per heavy atom. The summed E-state index contributed by atoms with van der Waals surface area (Å²) < 4.78 is 284. The second-order valence-corrected chi connectivity index (χ2v) is 34.9. The van der Waals surface area contributed by atoms with Gasteiger partial charge in [0.25, 0.3) is 0 Å². The first-order chi connectivity index (χ1) is 51.1. The van der Waals surface area contributed by atoms with Gasteiger partial charge in [0.15, 0.2) is 19.7 Å². The molecule has 0 spiro atoms. The number of rotatable bonds is 27. The first kappa shape index (κ1) is 104. The Balaban J connectivity index is 0.00000472. The molecule has 116 heavy (non-hydrogen) atoms. The zero-order valence-electron chi connectivity index (χ0n) is 61.2. The van der Waals surface area contributed by atoms with Gasteiger partial charge in [0.1, 0.15) is 63.3 Å². The summed E-state index contributed by atoms with van der Waals surface area (Å²) in [6.07, 6.45) is 0. The summed E-state index contributed by atoms with van der Waals surface area (Å²) in [5, 5.41) is 47.0. The summed E-state index contributed by atoms with van der Waals surface area (Å²) in [6, 6.07) is 18.1. The smallest absolute Gasteiger partial charge is 0.870 e. The number of methoxy groups -OCH3 is 2. The fraction of sp³-hybridized carbons (Fsp3) is 0.138. The maximum atomic E-state index is 14.6. The number of hydrogen-bond donors (Lipinski definition) is 6. The molecule has 0 aliphatic carbocycles. The normalized spacial score (nSPS) is 12.6. The van der Waals surface area contributed by atoms with E-state index in [4.69, 9.17) is 41.8 Å². The van der Waals surface area contributed by atoms with Crippen molar-refractivity contribution in [2.24, 2.45) is 30.4 Å². The summed E-state index contributed by atoms with van der Waals surface area (Å²) >= 11 is 12.5. The van der Waals surface area contributed by atoms with E-state index in [2.05, 4.69) is 79.3 Å². The number of benzene rings is 8. The number of hydrogen-bond acceptors (Lipinski definition) is 38. The van der Waals surface area contributed by atoms with Gasteiger partial charge < -0.3 is 48.5 Å². The van der Waals surface area contributed by atoms with E-state index in [9.17, 15) is 95.8 Å². The third-order valence-electron chi connectivity index (χ3n) is 15.0. The minimum atomic E-state index is -5.76. The molecular weight excluding hydrogens is 1810 g/mol. The van der Waals surface area contributed by atoms with Gasteiger partial charge in [-0.1, -0.05) is 11.5 Å². The van der Waals surface area contributed by atoms with Crippen molar-refractivity contribution in [2.75, 3.05) is 49.6 Å². The first-order valence-electron chi connectivity index (χ1n) is 29.6. The molecule has 0 aliphatic rings. The summed E-state index contributed by atoms with van der Waals surface area (Å²) in [5.74, 6) is -5.67. The van der Waals surface area contributed by atoms with E-state index in [0.717, 1.165) is 24.3 Å². The molecule has 6 N–H and O–H groups in total. The van der Waals surface area contributed by atoms with Crippen molar-refractivity contribution in [1.29, 1.82) is 0 Å². The molecule has 0 unspecified atom stereocenters. The molecule has 582 valence electrons. The van der Waals surface area contributed by atoms with Crippen molar-refractivity contribution >= 4 is 183 Å². The van der Waals surface area contributed by atoms with Gasteiger partial charge in [-0.3, -0.25) is 19.1 Å². The molecule has 0 saturated carbocycles. The number of aromatic amines is 2. The van der Waals surface area contributed by atoms with Crippen LogP contribution in [0.4, 0.5) is 57.4 Å². The summed E-state index contributed by atoms with van der Waals surface area (Å²) in [6.45, 7) is 1.24. The Kier molecular flexibility index (Phi) is 37.1. The zero-order valence-corrected chi connectivity index (χ0v) is 81.3. The van der Waals surface area contributed by atoms with Gasteiger partial charge in [0.2, 0.25) is 33.7 Å². The Morgan fingerprint density at radius 2 is 0.759 bits per heavy atom. The van der Waals surface area contributed by atoms with Crippen LogP contribution in [-0.4, -0.2) is 164 Å². The molecule has 42 nitrogen and oxygen atoms in total. The molecule has 2 aromatic heterocycles. The van der Waals surface area contributed by atoms with E-state index < -0.39 is 215 Å². The van der Waals surface area contributed by atoms with Crippen LogP contribution in [-0.2, 0) is 89.3 Å². The first-order valence-corrected chi connectivity index (χ1v) is 42.0. The molecule has 58 heteroatoms. The summed E-state index contributed by atoms with van der Waals surface area (Å²) in [4.78, 5) is 23.8. The molecule has 0 atom stereocenters. The number of anilines is 4. The van der Waals surface area contributed by atoms with Gasteiger partial charge in [-0.15, -0.1) is 20.5 Å². The average molecular weight is 1850 g/mol. The third-order valence-corrected chi connectivity index (χ3v) is 23.0. The van der Waals surface area contributed by atoms with Crippen LogP contribution in [0.1, 0.15) is 11.1 Å². The third kappa shape index (κ3) is 26.4. The number of aryl methyl sites for hydroxylation is 2. The van der Waals surface area contributed by atoms with Crippen LogP contribution < -0.4 is 219 Å². The van der Waals surface area contributed by atoms with Gasteiger partial charge in [-0.2, -0.15) is 36.8 Å². The molecule has 10 rings (SSSR count). The molecule has 0 saturated heterocycles. The molecule has 0 fully saturated rings. The molecule has 0 bridgehead atoms. The second kappa shape index (κ2) is 41.3. The van der Waals surface area contributed by atoms with Crippen molar-refractivity contribution in [3.8, 4) is 34.1 Å². The maximum Gasteiger partial charge on any atom is 1.00 e. The van der Waals surface area contributed by atoms with E-state index >= 15 is 0 Å². The monoisotopic (exact) mass is 1850 g/mol. The van der Waals surface area contributed by atoms with Crippen LogP contribution in [0.5, 0.6) is 23.0 Å². The number of nitrogens with one attached hydrogen (secondary N) is 4. The van der Waals surface area contributed by atoms with E-state index in [0.29, 0.717) is 58.7 Å². The number of azo groups is 2. The van der Waals surface area contributed by atoms with Crippen LogP contribution in [0.15, 0.2) is 169 Å². The number of nitrogens with zero attached hydrogens (tertiary/aromatic N) is 10. The summed E-state index contributed by atoms with van der Waals surface area (Å²) in [5.41, 5.74) is -3.93. The van der Waals surface area contributed by atoms with E-state index in [1.807, 2.05) is 0 Å². The second-order valence-electron chi connectivity index (χ2n) is 22.3. The van der Waals surface area contributed by atoms with Crippen molar-refractivity contribution in [1.82, 2.24) is 29.9 Å². The number of fused-ring (bicyclic) bond motifs is 2. The molecule has 10 aromatic rings. The predicted molar refractivity (Wildman–Crippen MR) is 373 cm³/mol. The Morgan fingerprint density at radius 3 is 1.05 bits per heavy atom. The predicted octanol–water partition coefficient (Wildman–Crippen LogP) is -12.4.